The minimum atomic E-state index is -1.13. The first-order valence-electron chi connectivity index (χ1n) is 23.2. The van der Waals surface area contributed by atoms with E-state index in [1.807, 2.05) is 62.1 Å². The Hall–Kier alpha value is -5.09. The van der Waals surface area contributed by atoms with Crippen LogP contribution in [0.1, 0.15) is 102 Å². The zero-order chi connectivity index (χ0) is 45.9. The standard InChI is InChI=1S/C50H62N8O6S/c1-10-57-37-18-16-30-24-32(37)33(44(57)31-14-12-21-51-41(31)28(4)62-9)25-50(6,7)26-64-49(61)36-15-13-22-58(55-36)48(60)43(45(63-11-2)47-54-42(30)29(5)65-47)53-46(59)40-27(3)39(40)35-17-19-38-34(52-35)20-23-56(38)8/h12,14,16-21,23-24,27-29,36,39-40,42-43,45,55H,10-11,13,15,22,25-26H2,1-9H3,(H,53,59)/t27-,28-,29?,36-,39-,40+,42?,43-,45-/m0/s1. The fourth-order valence-corrected chi connectivity index (χ4v) is 11.6. The zero-order valence-electron chi connectivity index (χ0n) is 39.0. The minimum Gasteiger partial charge on any atom is -0.464 e. The minimum absolute atomic E-state index is 0.00521. The van der Waals surface area contributed by atoms with Gasteiger partial charge in [0.25, 0.3) is 5.91 Å². The Labute approximate surface area is 385 Å². The van der Waals surface area contributed by atoms with Gasteiger partial charge in [0, 0.05) is 90.9 Å². The number of aromatic nitrogens is 4. The average Bonchev–Trinajstić information content (AvgIpc) is 3.50. The number of fused-ring (bicyclic) bond motifs is 6. The van der Waals surface area contributed by atoms with Crippen molar-refractivity contribution in [3.63, 3.8) is 0 Å². The SMILES string of the molecule is CCO[C@@H]1C2=NC(c3ccc4c(c3)c(c(-c3cccnc3[C@H](C)OC)n4CC)CC(C)(C)COC(=O)[C@@H]3CCCN(N3)C(=O)[C@H]1NC(=O)[C@@H]1[C@@H](C)[C@H]1c1ccc3c(ccn3C)n1)C(C)S2. The smallest absolute Gasteiger partial charge is 0.324 e. The second-order valence-electron chi connectivity index (χ2n) is 19.0. The Morgan fingerprint density at radius 3 is 2.68 bits per heavy atom. The van der Waals surface area contributed by atoms with Crippen LogP contribution in [0.5, 0.6) is 0 Å². The van der Waals surface area contributed by atoms with Crippen molar-refractivity contribution in [2.45, 2.75) is 116 Å². The van der Waals surface area contributed by atoms with Crippen LogP contribution in [-0.4, -0.2) is 97.2 Å². The fraction of sp³-hybridized carbons (Fsp3) is 0.520. The van der Waals surface area contributed by atoms with Crippen LogP contribution in [0.4, 0.5) is 0 Å². The summed E-state index contributed by atoms with van der Waals surface area (Å²) < 4.78 is 22.9. The molecule has 14 nitrogen and oxygen atoms in total. The molecule has 7 heterocycles. The average molecular weight is 903 g/mol. The molecule has 1 saturated heterocycles. The Kier molecular flexibility index (Phi) is 12.4. The number of hydrogen-bond donors (Lipinski definition) is 2. The molecule has 2 N–H and O–H groups in total. The fourth-order valence-electron chi connectivity index (χ4n) is 10.4. The number of thioether (sulfide) groups is 1. The van der Waals surface area contributed by atoms with Gasteiger partial charge in [0.2, 0.25) is 5.91 Å². The highest BCUT2D eigenvalue weighted by atomic mass is 32.2. The predicted octanol–water partition coefficient (Wildman–Crippen LogP) is 7.45. The summed E-state index contributed by atoms with van der Waals surface area (Å²) in [5.74, 6) is -1.53. The lowest BCUT2D eigenvalue weighted by Crippen LogP contribution is -2.63. The van der Waals surface area contributed by atoms with E-state index in [4.69, 9.17) is 29.2 Å². The summed E-state index contributed by atoms with van der Waals surface area (Å²) in [4.78, 5) is 58.7. The van der Waals surface area contributed by atoms with Crippen molar-refractivity contribution >= 4 is 56.5 Å². The molecule has 1 aromatic carbocycles. The molecule has 344 valence electrons. The quantitative estimate of drug-likeness (QED) is 0.143. The normalized spacial score (nSPS) is 27.3. The van der Waals surface area contributed by atoms with Gasteiger partial charge in [0.15, 0.2) is 0 Å². The monoisotopic (exact) mass is 902 g/mol. The van der Waals surface area contributed by atoms with Gasteiger partial charge in [-0.3, -0.25) is 34.4 Å². The number of cyclic esters (lactones) is 1. The summed E-state index contributed by atoms with van der Waals surface area (Å²) in [6.45, 7) is 16.0. The van der Waals surface area contributed by atoms with Gasteiger partial charge in [0.05, 0.1) is 41.2 Å². The number of pyridine rings is 2. The van der Waals surface area contributed by atoms with E-state index in [0.29, 0.717) is 37.4 Å². The maximum atomic E-state index is 15.0. The van der Waals surface area contributed by atoms with Gasteiger partial charge in [-0.25, -0.2) is 5.43 Å². The number of carbonyl (C=O) groups is 3. The molecular weight excluding hydrogens is 841 g/mol. The molecular formula is C50H62N8O6S. The second kappa shape index (κ2) is 17.9. The third kappa shape index (κ3) is 8.38. The number of hydrogen-bond acceptors (Lipinski definition) is 11. The van der Waals surface area contributed by atoms with Crippen LogP contribution < -0.4 is 10.7 Å². The highest BCUT2D eigenvalue weighted by molar-refractivity contribution is 8.14. The molecule has 65 heavy (non-hydrogen) atoms. The van der Waals surface area contributed by atoms with Crippen LogP contribution in [0, 0.1) is 17.3 Å². The van der Waals surface area contributed by atoms with Crippen LogP contribution in [-0.2, 0) is 48.6 Å². The highest BCUT2D eigenvalue weighted by Crippen LogP contribution is 2.53. The van der Waals surface area contributed by atoms with Crippen LogP contribution in [0.2, 0.25) is 0 Å². The van der Waals surface area contributed by atoms with Gasteiger partial charge in [-0.15, -0.1) is 11.8 Å². The van der Waals surface area contributed by atoms with Crippen molar-refractivity contribution in [3.05, 3.63) is 83.4 Å². The molecule has 2 fully saturated rings. The van der Waals surface area contributed by atoms with Gasteiger partial charge in [-0.1, -0.05) is 33.8 Å². The number of ether oxygens (including phenoxy) is 3. The Bertz CT molecular complexity index is 2670. The van der Waals surface area contributed by atoms with E-state index < -0.39 is 35.5 Å². The number of methoxy groups -OCH3 is 1. The van der Waals surface area contributed by atoms with E-state index in [2.05, 4.69) is 74.2 Å². The van der Waals surface area contributed by atoms with Gasteiger partial charge < -0.3 is 28.7 Å². The Balaban J connectivity index is 1.14. The molecule has 0 spiro atoms. The summed E-state index contributed by atoms with van der Waals surface area (Å²) in [5.41, 5.74) is 11.7. The molecule has 2 unspecified atom stereocenters. The van der Waals surface area contributed by atoms with Gasteiger partial charge in [0.1, 0.15) is 23.2 Å². The topological polar surface area (TPSA) is 154 Å². The third-order valence-corrected chi connectivity index (χ3v) is 15.1. The first kappa shape index (κ1) is 45.1. The number of amides is 2. The van der Waals surface area contributed by atoms with Gasteiger partial charge in [-0.05, 0) is 99.5 Å². The van der Waals surface area contributed by atoms with Crippen LogP contribution in [0.3, 0.4) is 0 Å². The van der Waals surface area contributed by atoms with E-state index in [9.17, 15) is 14.4 Å². The number of aryl methyl sites for hydroxylation is 2. The number of nitrogens with one attached hydrogen (secondary N) is 2. The lowest BCUT2D eigenvalue weighted by Gasteiger charge is -2.37. The number of carbonyl (C=O) groups excluding carboxylic acids is 3. The Morgan fingerprint density at radius 1 is 1.11 bits per heavy atom. The summed E-state index contributed by atoms with van der Waals surface area (Å²) in [6.07, 6.45) is 4.34. The number of aliphatic imine (C=N–C) groups is 1. The molecule has 1 aliphatic carbocycles. The van der Waals surface area contributed by atoms with Crippen molar-refractivity contribution in [2.75, 3.05) is 26.9 Å². The number of rotatable bonds is 9. The molecule has 1 saturated carbocycles. The molecule has 6 bridgehead atoms. The number of benzene rings is 1. The van der Waals surface area contributed by atoms with Crippen LogP contribution in [0.15, 0.2) is 65.9 Å². The maximum absolute atomic E-state index is 15.0. The lowest BCUT2D eigenvalue weighted by atomic mass is 9.84. The van der Waals surface area contributed by atoms with E-state index in [1.54, 1.807) is 18.9 Å². The summed E-state index contributed by atoms with van der Waals surface area (Å²) in [7, 11) is 3.69. The summed E-state index contributed by atoms with van der Waals surface area (Å²) in [5, 5.41) is 6.41. The molecule has 9 rings (SSSR count). The molecule has 4 aliphatic rings. The molecule has 2 amide bonds. The van der Waals surface area contributed by atoms with Crippen molar-refractivity contribution < 1.29 is 28.6 Å². The van der Waals surface area contributed by atoms with E-state index >= 15 is 0 Å². The zero-order valence-corrected chi connectivity index (χ0v) is 39.8. The summed E-state index contributed by atoms with van der Waals surface area (Å²) in [6, 6.07) is 14.6. The third-order valence-electron chi connectivity index (χ3n) is 13.9. The maximum Gasteiger partial charge on any atom is 0.324 e. The predicted molar refractivity (Wildman–Crippen MR) is 253 cm³/mol. The molecule has 3 aliphatic heterocycles. The number of nitrogens with zero attached hydrogens (tertiary/aromatic N) is 6. The first-order valence-corrected chi connectivity index (χ1v) is 24.1. The highest BCUT2D eigenvalue weighted by Gasteiger charge is 2.55. The van der Waals surface area contributed by atoms with Crippen molar-refractivity contribution in [2.24, 2.45) is 29.3 Å². The summed E-state index contributed by atoms with van der Waals surface area (Å²) >= 11 is 1.58. The Morgan fingerprint density at radius 2 is 1.91 bits per heavy atom. The first-order chi connectivity index (χ1) is 31.2. The number of esters is 1. The van der Waals surface area contributed by atoms with E-state index in [-0.39, 0.29) is 54.3 Å². The molecule has 5 aromatic rings. The van der Waals surface area contributed by atoms with Crippen molar-refractivity contribution in [1.82, 2.24) is 34.9 Å². The van der Waals surface area contributed by atoms with E-state index in [1.165, 1.54) is 5.01 Å². The molecule has 0 radical (unpaired) electrons. The molecule has 9 atom stereocenters. The van der Waals surface area contributed by atoms with Gasteiger partial charge >= 0.3 is 5.97 Å². The molecule has 4 aromatic heterocycles. The van der Waals surface area contributed by atoms with Crippen LogP contribution >= 0.6 is 11.8 Å². The molecule has 15 heteroatoms. The van der Waals surface area contributed by atoms with Crippen molar-refractivity contribution in [3.8, 4) is 11.3 Å². The van der Waals surface area contributed by atoms with Crippen LogP contribution in [0.25, 0.3) is 33.2 Å². The largest absolute Gasteiger partial charge is 0.464 e. The van der Waals surface area contributed by atoms with Gasteiger partial charge in [-0.2, -0.15) is 0 Å². The lowest BCUT2D eigenvalue weighted by molar-refractivity contribution is -0.156. The van der Waals surface area contributed by atoms with E-state index in [0.717, 1.165) is 55.7 Å². The second-order valence-corrected chi connectivity index (χ2v) is 20.4. The number of hydrazine groups is 1. The van der Waals surface area contributed by atoms with Crippen molar-refractivity contribution in [1.29, 1.82) is 0 Å².